The minimum absolute atomic E-state index is 0.208. The SMILES string of the molecule is CC(CNC(=O)c1ccc(-c2nc3ccccc3s2)o1)c1ccccc1. The van der Waals surface area contributed by atoms with Crippen LogP contribution in [0.3, 0.4) is 0 Å². The van der Waals surface area contributed by atoms with E-state index in [4.69, 9.17) is 4.42 Å². The molecule has 0 saturated carbocycles. The summed E-state index contributed by atoms with van der Waals surface area (Å²) >= 11 is 1.55. The van der Waals surface area contributed by atoms with Crippen LogP contribution in [0.1, 0.15) is 29.0 Å². The predicted molar refractivity (Wildman–Crippen MR) is 105 cm³/mol. The lowest BCUT2D eigenvalue weighted by Crippen LogP contribution is -2.27. The molecule has 130 valence electrons. The van der Waals surface area contributed by atoms with Gasteiger partial charge in [-0.05, 0) is 35.7 Å². The van der Waals surface area contributed by atoms with Crippen molar-refractivity contribution in [3.63, 3.8) is 0 Å². The fourth-order valence-electron chi connectivity index (χ4n) is 2.78. The van der Waals surface area contributed by atoms with Crippen molar-refractivity contribution >= 4 is 27.5 Å². The number of thiazole rings is 1. The summed E-state index contributed by atoms with van der Waals surface area (Å²) in [6, 6.07) is 21.6. The predicted octanol–water partition coefficient (Wildman–Crippen LogP) is 5.09. The molecule has 0 aliphatic rings. The zero-order valence-electron chi connectivity index (χ0n) is 14.3. The van der Waals surface area contributed by atoms with Gasteiger partial charge in [0, 0.05) is 6.54 Å². The number of nitrogens with one attached hydrogen (secondary N) is 1. The number of benzene rings is 2. The minimum Gasteiger partial charge on any atom is -0.448 e. The molecule has 0 aliphatic heterocycles. The van der Waals surface area contributed by atoms with Crippen molar-refractivity contribution in [2.45, 2.75) is 12.8 Å². The van der Waals surface area contributed by atoms with E-state index in [2.05, 4.69) is 29.4 Å². The fraction of sp³-hybridized carbons (Fsp3) is 0.143. The van der Waals surface area contributed by atoms with E-state index < -0.39 is 0 Å². The maximum atomic E-state index is 12.4. The topological polar surface area (TPSA) is 55.1 Å². The van der Waals surface area contributed by atoms with Crippen molar-refractivity contribution in [3.05, 3.63) is 78.1 Å². The van der Waals surface area contributed by atoms with Crippen LogP contribution in [0, 0.1) is 0 Å². The van der Waals surface area contributed by atoms with Crippen molar-refractivity contribution in [1.29, 1.82) is 0 Å². The third-order valence-electron chi connectivity index (χ3n) is 4.27. The number of nitrogens with zero attached hydrogens (tertiary/aromatic N) is 1. The van der Waals surface area contributed by atoms with Gasteiger partial charge in [-0.3, -0.25) is 4.79 Å². The van der Waals surface area contributed by atoms with E-state index in [1.165, 1.54) is 5.56 Å². The Morgan fingerprint density at radius 1 is 1.08 bits per heavy atom. The zero-order chi connectivity index (χ0) is 17.9. The normalized spacial score (nSPS) is 12.2. The number of carbonyl (C=O) groups excluding carboxylic acids is 1. The van der Waals surface area contributed by atoms with Crippen LogP contribution in [-0.4, -0.2) is 17.4 Å². The number of amides is 1. The quantitative estimate of drug-likeness (QED) is 0.538. The molecule has 4 rings (SSSR count). The molecule has 2 aromatic heterocycles. The lowest BCUT2D eigenvalue weighted by molar-refractivity contribution is 0.0925. The highest BCUT2D eigenvalue weighted by Crippen LogP contribution is 2.31. The number of para-hydroxylation sites is 1. The largest absolute Gasteiger partial charge is 0.448 e. The van der Waals surface area contributed by atoms with E-state index >= 15 is 0 Å². The Balaban J connectivity index is 1.44. The molecule has 1 amide bonds. The first-order valence-corrected chi connectivity index (χ1v) is 9.31. The summed E-state index contributed by atoms with van der Waals surface area (Å²) in [7, 11) is 0. The van der Waals surface area contributed by atoms with E-state index in [0.29, 0.717) is 18.1 Å². The highest BCUT2D eigenvalue weighted by molar-refractivity contribution is 7.21. The van der Waals surface area contributed by atoms with Gasteiger partial charge in [0.2, 0.25) is 0 Å². The summed E-state index contributed by atoms with van der Waals surface area (Å²) in [4.78, 5) is 16.9. The molecule has 4 aromatic rings. The van der Waals surface area contributed by atoms with Gasteiger partial charge in [0.25, 0.3) is 5.91 Å². The first-order valence-electron chi connectivity index (χ1n) is 8.49. The second kappa shape index (κ2) is 7.14. The summed E-state index contributed by atoms with van der Waals surface area (Å²) < 4.78 is 6.83. The molecule has 0 aliphatic carbocycles. The highest BCUT2D eigenvalue weighted by Gasteiger charge is 2.15. The molecular weight excluding hydrogens is 344 g/mol. The molecule has 5 heteroatoms. The Hall–Kier alpha value is -2.92. The maximum Gasteiger partial charge on any atom is 0.287 e. The average molecular weight is 362 g/mol. The van der Waals surface area contributed by atoms with E-state index in [1.807, 2.05) is 42.5 Å². The number of fused-ring (bicyclic) bond motifs is 1. The second-order valence-electron chi connectivity index (χ2n) is 6.17. The van der Waals surface area contributed by atoms with Crippen LogP contribution in [0.25, 0.3) is 21.0 Å². The first kappa shape index (κ1) is 16.5. The number of furan rings is 1. The van der Waals surface area contributed by atoms with Crippen molar-refractivity contribution in [1.82, 2.24) is 10.3 Å². The van der Waals surface area contributed by atoms with Gasteiger partial charge in [0.1, 0.15) is 0 Å². The molecule has 0 saturated heterocycles. The van der Waals surface area contributed by atoms with Crippen molar-refractivity contribution in [2.75, 3.05) is 6.54 Å². The van der Waals surface area contributed by atoms with Crippen molar-refractivity contribution in [3.8, 4) is 10.8 Å². The van der Waals surface area contributed by atoms with Gasteiger partial charge in [-0.25, -0.2) is 4.98 Å². The lowest BCUT2D eigenvalue weighted by Gasteiger charge is -2.12. The average Bonchev–Trinajstić information content (AvgIpc) is 3.33. The van der Waals surface area contributed by atoms with Crippen LogP contribution >= 0.6 is 11.3 Å². The van der Waals surface area contributed by atoms with Crippen molar-refractivity contribution < 1.29 is 9.21 Å². The summed E-state index contributed by atoms with van der Waals surface area (Å²) in [6.45, 7) is 2.64. The van der Waals surface area contributed by atoms with Gasteiger partial charge in [0.15, 0.2) is 16.5 Å². The Morgan fingerprint density at radius 3 is 2.65 bits per heavy atom. The Labute approximate surface area is 155 Å². The number of hydrogen-bond donors (Lipinski definition) is 1. The van der Waals surface area contributed by atoms with E-state index in [0.717, 1.165) is 15.2 Å². The summed E-state index contributed by atoms with van der Waals surface area (Å²) in [5, 5.41) is 3.72. The van der Waals surface area contributed by atoms with Crippen LogP contribution in [0.4, 0.5) is 0 Å². The highest BCUT2D eigenvalue weighted by atomic mass is 32.1. The lowest BCUT2D eigenvalue weighted by atomic mass is 10.0. The summed E-state index contributed by atoms with van der Waals surface area (Å²) in [6.07, 6.45) is 0. The molecule has 2 aromatic carbocycles. The molecular formula is C21H18N2O2S. The Kier molecular flexibility index (Phi) is 4.54. The van der Waals surface area contributed by atoms with Crippen molar-refractivity contribution in [2.24, 2.45) is 0 Å². The maximum absolute atomic E-state index is 12.4. The van der Waals surface area contributed by atoms with Crippen LogP contribution in [0.2, 0.25) is 0 Å². The van der Waals surface area contributed by atoms with Gasteiger partial charge in [-0.2, -0.15) is 0 Å². The van der Waals surface area contributed by atoms with Gasteiger partial charge in [-0.15, -0.1) is 11.3 Å². The standard InChI is InChI=1S/C21H18N2O2S/c1-14(15-7-3-2-4-8-15)13-22-20(24)17-11-12-18(25-17)21-23-16-9-5-6-10-19(16)26-21/h2-12,14H,13H2,1H3,(H,22,24). The fourth-order valence-corrected chi connectivity index (χ4v) is 3.71. The second-order valence-corrected chi connectivity index (χ2v) is 7.20. The van der Waals surface area contributed by atoms with Crippen LogP contribution in [-0.2, 0) is 0 Å². The number of carbonyl (C=O) groups is 1. The molecule has 1 N–H and O–H groups in total. The Morgan fingerprint density at radius 2 is 1.85 bits per heavy atom. The van der Waals surface area contributed by atoms with Crippen LogP contribution in [0.5, 0.6) is 0 Å². The Bertz CT molecular complexity index is 1000. The van der Waals surface area contributed by atoms with Gasteiger partial charge in [0.05, 0.1) is 10.2 Å². The van der Waals surface area contributed by atoms with Gasteiger partial charge in [-0.1, -0.05) is 49.4 Å². The minimum atomic E-state index is -0.208. The monoisotopic (exact) mass is 362 g/mol. The summed E-state index contributed by atoms with van der Waals surface area (Å²) in [5.41, 5.74) is 2.13. The molecule has 1 unspecified atom stereocenters. The number of rotatable bonds is 5. The van der Waals surface area contributed by atoms with Crippen LogP contribution in [0.15, 0.2) is 71.1 Å². The van der Waals surface area contributed by atoms with Gasteiger partial charge >= 0.3 is 0 Å². The molecule has 4 nitrogen and oxygen atoms in total. The third-order valence-corrected chi connectivity index (χ3v) is 5.32. The molecule has 0 bridgehead atoms. The molecule has 0 radical (unpaired) electrons. The molecule has 0 spiro atoms. The van der Waals surface area contributed by atoms with Crippen LogP contribution < -0.4 is 5.32 Å². The molecule has 0 fully saturated rings. The zero-order valence-corrected chi connectivity index (χ0v) is 15.1. The number of aromatic nitrogens is 1. The van der Waals surface area contributed by atoms with E-state index in [1.54, 1.807) is 23.5 Å². The van der Waals surface area contributed by atoms with E-state index in [-0.39, 0.29) is 11.8 Å². The molecule has 26 heavy (non-hydrogen) atoms. The third kappa shape index (κ3) is 3.39. The number of hydrogen-bond acceptors (Lipinski definition) is 4. The molecule has 2 heterocycles. The first-order chi connectivity index (χ1) is 12.7. The van der Waals surface area contributed by atoms with Gasteiger partial charge < -0.3 is 9.73 Å². The van der Waals surface area contributed by atoms with E-state index in [9.17, 15) is 4.79 Å². The summed E-state index contributed by atoms with van der Waals surface area (Å²) in [5.74, 6) is 0.950. The smallest absolute Gasteiger partial charge is 0.287 e. The molecule has 1 atom stereocenters.